The quantitative estimate of drug-likeness (QED) is 0.680. The summed E-state index contributed by atoms with van der Waals surface area (Å²) in [6.07, 6.45) is 0. The van der Waals surface area contributed by atoms with Crippen LogP contribution in [0.3, 0.4) is 0 Å². The molecule has 0 saturated carbocycles. The molecule has 0 aliphatic heterocycles. The van der Waals surface area contributed by atoms with Crippen LogP contribution in [0.2, 0.25) is 0 Å². The van der Waals surface area contributed by atoms with Crippen LogP contribution in [0.15, 0.2) is 53.1 Å². The van der Waals surface area contributed by atoms with Crippen LogP contribution in [0.4, 0.5) is 0 Å². The maximum atomic E-state index is 11.5. The van der Waals surface area contributed by atoms with E-state index < -0.39 is 0 Å². The van der Waals surface area contributed by atoms with Crippen molar-refractivity contribution in [3.63, 3.8) is 0 Å². The standard InChI is InChI=1S/C16H13BrN2O/c1-11(20)13-7-8-15-14(9-13)16(17)18-19(15)10-12-5-3-2-4-6-12/h2-9H,10H2,1H3. The third-order valence-corrected chi connectivity index (χ3v) is 3.87. The predicted molar refractivity (Wildman–Crippen MR) is 83.0 cm³/mol. The van der Waals surface area contributed by atoms with Gasteiger partial charge < -0.3 is 0 Å². The molecule has 3 rings (SSSR count). The minimum atomic E-state index is 0.0645. The number of carbonyl (C=O) groups is 1. The number of halogens is 1. The molecule has 0 amide bonds. The van der Waals surface area contributed by atoms with Crippen LogP contribution in [0.5, 0.6) is 0 Å². The number of ketones is 1. The summed E-state index contributed by atoms with van der Waals surface area (Å²) < 4.78 is 2.71. The van der Waals surface area contributed by atoms with Gasteiger partial charge in [-0.25, -0.2) is 0 Å². The second-order valence-corrected chi connectivity index (χ2v) is 5.47. The SMILES string of the molecule is CC(=O)c1ccc2c(c1)c(Br)nn2Cc1ccccc1. The van der Waals surface area contributed by atoms with Gasteiger partial charge in [-0.1, -0.05) is 30.3 Å². The van der Waals surface area contributed by atoms with Gasteiger partial charge >= 0.3 is 0 Å². The van der Waals surface area contributed by atoms with Crippen LogP contribution in [0.25, 0.3) is 10.9 Å². The van der Waals surface area contributed by atoms with Crippen molar-refractivity contribution in [1.29, 1.82) is 0 Å². The molecular weight excluding hydrogens is 316 g/mol. The summed E-state index contributed by atoms with van der Waals surface area (Å²) in [5.41, 5.74) is 2.92. The lowest BCUT2D eigenvalue weighted by atomic mass is 10.1. The normalized spacial score (nSPS) is 10.9. The number of Topliss-reactive ketones (excluding diaryl/α,β-unsaturated/α-hetero) is 1. The van der Waals surface area contributed by atoms with E-state index in [1.807, 2.05) is 41.1 Å². The van der Waals surface area contributed by atoms with Crippen molar-refractivity contribution in [3.8, 4) is 0 Å². The van der Waals surface area contributed by atoms with Crippen molar-refractivity contribution in [1.82, 2.24) is 9.78 Å². The van der Waals surface area contributed by atoms with Crippen LogP contribution < -0.4 is 0 Å². The maximum Gasteiger partial charge on any atom is 0.159 e. The Morgan fingerprint density at radius 3 is 2.65 bits per heavy atom. The molecule has 0 fully saturated rings. The highest BCUT2D eigenvalue weighted by Crippen LogP contribution is 2.25. The van der Waals surface area contributed by atoms with Crippen LogP contribution in [-0.2, 0) is 6.54 Å². The summed E-state index contributed by atoms with van der Waals surface area (Å²) in [6.45, 7) is 2.28. The topological polar surface area (TPSA) is 34.9 Å². The molecule has 0 unspecified atom stereocenters. The number of hydrogen-bond donors (Lipinski definition) is 0. The van der Waals surface area contributed by atoms with Crippen molar-refractivity contribution in [2.24, 2.45) is 0 Å². The zero-order chi connectivity index (χ0) is 14.1. The molecule has 0 spiro atoms. The third kappa shape index (κ3) is 2.39. The van der Waals surface area contributed by atoms with E-state index in [0.29, 0.717) is 12.1 Å². The van der Waals surface area contributed by atoms with E-state index in [4.69, 9.17) is 0 Å². The largest absolute Gasteiger partial charge is 0.295 e. The summed E-state index contributed by atoms with van der Waals surface area (Å²) in [5.74, 6) is 0.0645. The number of aromatic nitrogens is 2. The molecule has 20 heavy (non-hydrogen) atoms. The summed E-state index contributed by atoms with van der Waals surface area (Å²) in [6, 6.07) is 15.9. The second-order valence-electron chi connectivity index (χ2n) is 4.72. The predicted octanol–water partition coefficient (Wildman–Crippen LogP) is 4.05. The highest BCUT2D eigenvalue weighted by molar-refractivity contribution is 9.10. The Bertz CT molecular complexity index is 778. The molecule has 3 nitrogen and oxygen atoms in total. The Morgan fingerprint density at radius 1 is 1.20 bits per heavy atom. The first-order chi connectivity index (χ1) is 9.65. The number of nitrogens with zero attached hydrogens (tertiary/aromatic N) is 2. The number of hydrogen-bond acceptors (Lipinski definition) is 2. The summed E-state index contributed by atoms with van der Waals surface area (Å²) in [4.78, 5) is 11.5. The smallest absolute Gasteiger partial charge is 0.159 e. The van der Waals surface area contributed by atoms with Crippen molar-refractivity contribution >= 4 is 32.6 Å². The van der Waals surface area contributed by atoms with Crippen molar-refractivity contribution in [2.75, 3.05) is 0 Å². The van der Waals surface area contributed by atoms with E-state index >= 15 is 0 Å². The summed E-state index contributed by atoms with van der Waals surface area (Å²) >= 11 is 3.47. The molecular formula is C16H13BrN2O. The molecule has 1 heterocycles. The van der Waals surface area contributed by atoms with Gasteiger partial charge in [0.05, 0.1) is 12.1 Å². The molecule has 0 aliphatic rings. The van der Waals surface area contributed by atoms with Gasteiger partial charge in [0, 0.05) is 10.9 Å². The Labute approximate surface area is 125 Å². The minimum absolute atomic E-state index is 0.0645. The molecule has 4 heteroatoms. The average molecular weight is 329 g/mol. The van der Waals surface area contributed by atoms with Crippen LogP contribution in [-0.4, -0.2) is 15.6 Å². The Morgan fingerprint density at radius 2 is 1.95 bits per heavy atom. The first kappa shape index (κ1) is 13.1. The number of carbonyl (C=O) groups excluding carboxylic acids is 1. The first-order valence-electron chi connectivity index (χ1n) is 6.36. The monoisotopic (exact) mass is 328 g/mol. The Hall–Kier alpha value is -1.94. The van der Waals surface area contributed by atoms with Crippen LogP contribution in [0.1, 0.15) is 22.8 Å². The van der Waals surface area contributed by atoms with E-state index in [1.54, 1.807) is 6.92 Å². The van der Waals surface area contributed by atoms with E-state index in [0.717, 1.165) is 15.5 Å². The van der Waals surface area contributed by atoms with E-state index in [2.05, 4.69) is 33.2 Å². The molecule has 3 aromatic rings. The molecule has 0 radical (unpaired) electrons. The Kier molecular flexibility index (Phi) is 3.40. The van der Waals surface area contributed by atoms with Crippen molar-refractivity contribution in [3.05, 3.63) is 64.3 Å². The minimum Gasteiger partial charge on any atom is -0.295 e. The molecule has 0 saturated heterocycles. The average Bonchev–Trinajstić information content (AvgIpc) is 2.76. The highest BCUT2D eigenvalue weighted by Gasteiger charge is 2.10. The van der Waals surface area contributed by atoms with Gasteiger partial charge in [-0.15, -0.1) is 0 Å². The van der Waals surface area contributed by atoms with Crippen molar-refractivity contribution < 1.29 is 4.79 Å². The molecule has 0 N–H and O–H groups in total. The highest BCUT2D eigenvalue weighted by atomic mass is 79.9. The van der Waals surface area contributed by atoms with Gasteiger partial charge in [-0.05, 0) is 46.6 Å². The molecule has 0 aliphatic carbocycles. The lowest BCUT2D eigenvalue weighted by Gasteiger charge is -2.04. The lowest BCUT2D eigenvalue weighted by molar-refractivity contribution is 0.101. The van der Waals surface area contributed by atoms with E-state index in [1.165, 1.54) is 5.56 Å². The first-order valence-corrected chi connectivity index (χ1v) is 7.15. The zero-order valence-electron chi connectivity index (χ0n) is 11.0. The van der Waals surface area contributed by atoms with Gasteiger partial charge in [0.2, 0.25) is 0 Å². The van der Waals surface area contributed by atoms with Crippen molar-refractivity contribution in [2.45, 2.75) is 13.5 Å². The van der Waals surface area contributed by atoms with Gasteiger partial charge in [-0.3, -0.25) is 9.48 Å². The fourth-order valence-electron chi connectivity index (χ4n) is 2.24. The zero-order valence-corrected chi connectivity index (χ0v) is 12.6. The van der Waals surface area contributed by atoms with Gasteiger partial charge in [0.25, 0.3) is 0 Å². The fraction of sp³-hybridized carbons (Fsp3) is 0.125. The van der Waals surface area contributed by atoms with Gasteiger partial charge in [0.15, 0.2) is 5.78 Å². The molecule has 2 aromatic carbocycles. The molecule has 1 aromatic heterocycles. The summed E-state index contributed by atoms with van der Waals surface area (Å²) in [7, 11) is 0. The number of benzene rings is 2. The lowest BCUT2D eigenvalue weighted by Crippen LogP contribution is -2.01. The number of fused-ring (bicyclic) bond motifs is 1. The van der Waals surface area contributed by atoms with Crippen LogP contribution >= 0.6 is 15.9 Å². The van der Waals surface area contributed by atoms with Gasteiger partial charge in [-0.2, -0.15) is 5.10 Å². The van der Waals surface area contributed by atoms with Crippen LogP contribution in [0, 0.1) is 0 Å². The fourth-order valence-corrected chi connectivity index (χ4v) is 2.74. The van der Waals surface area contributed by atoms with E-state index in [-0.39, 0.29) is 5.78 Å². The maximum absolute atomic E-state index is 11.5. The van der Waals surface area contributed by atoms with E-state index in [9.17, 15) is 4.79 Å². The Balaban J connectivity index is 2.07. The molecule has 100 valence electrons. The molecule has 0 atom stereocenters. The number of rotatable bonds is 3. The second kappa shape index (κ2) is 5.21. The third-order valence-electron chi connectivity index (χ3n) is 3.29. The van der Waals surface area contributed by atoms with Gasteiger partial charge in [0.1, 0.15) is 4.60 Å². The summed E-state index contributed by atoms with van der Waals surface area (Å²) in [5, 5.41) is 5.47. The molecule has 0 bridgehead atoms.